The Kier molecular flexibility index (Phi) is 5.72. The van der Waals surface area contributed by atoms with E-state index in [9.17, 15) is 15.2 Å². The van der Waals surface area contributed by atoms with Gasteiger partial charge in [-0.1, -0.05) is 31.0 Å². The van der Waals surface area contributed by atoms with E-state index in [2.05, 4.69) is 5.32 Å². The molecular formula is C13H19ClN2O3. The van der Waals surface area contributed by atoms with Crippen LogP contribution >= 0.6 is 11.6 Å². The van der Waals surface area contributed by atoms with Crippen LogP contribution in [0.15, 0.2) is 18.2 Å². The number of hydrogen-bond donors (Lipinski definition) is 2. The topological polar surface area (TPSA) is 75.4 Å². The number of halogens is 1. The zero-order valence-corrected chi connectivity index (χ0v) is 11.9. The Hall–Kier alpha value is -1.17. The third kappa shape index (κ3) is 4.78. The van der Waals surface area contributed by atoms with Crippen LogP contribution in [0.3, 0.4) is 0 Å². The second-order valence-corrected chi connectivity index (χ2v) is 5.25. The molecule has 106 valence electrons. The summed E-state index contributed by atoms with van der Waals surface area (Å²) < 4.78 is 0. The van der Waals surface area contributed by atoms with Crippen LogP contribution in [0.1, 0.15) is 32.3 Å². The van der Waals surface area contributed by atoms with Gasteiger partial charge < -0.3 is 10.4 Å². The molecule has 1 unspecified atom stereocenters. The maximum Gasteiger partial charge on any atom is 0.275 e. The number of nitrogens with zero attached hydrogens (tertiary/aromatic N) is 1. The van der Waals surface area contributed by atoms with Gasteiger partial charge in [0, 0.05) is 19.2 Å². The molecule has 5 nitrogen and oxygen atoms in total. The van der Waals surface area contributed by atoms with Crippen LogP contribution in [0.25, 0.3) is 0 Å². The minimum absolute atomic E-state index is 0.00451. The summed E-state index contributed by atoms with van der Waals surface area (Å²) in [6.07, 6.45) is 1.55. The summed E-state index contributed by atoms with van der Waals surface area (Å²) >= 11 is 5.98. The van der Waals surface area contributed by atoms with E-state index in [1.165, 1.54) is 6.07 Å². The summed E-state index contributed by atoms with van der Waals surface area (Å²) in [5, 5.41) is 24.3. The summed E-state index contributed by atoms with van der Waals surface area (Å²) in [4.78, 5) is 10.5. The van der Waals surface area contributed by atoms with Crippen LogP contribution in [0, 0.1) is 10.1 Å². The Morgan fingerprint density at radius 1 is 1.53 bits per heavy atom. The Morgan fingerprint density at radius 2 is 2.21 bits per heavy atom. The first kappa shape index (κ1) is 15.9. The fourth-order valence-electron chi connectivity index (χ4n) is 1.98. The van der Waals surface area contributed by atoms with Gasteiger partial charge in [-0.25, -0.2) is 0 Å². The normalized spacial score (nSPS) is 14.1. The van der Waals surface area contributed by atoms with Crippen molar-refractivity contribution in [2.75, 3.05) is 6.54 Å². The molecule has 0 spiro atoms. The minimum Gasteiger partial charge on any atom is -0.389 e. The maximum absolute atomic E-state index is 10.9. The second kappa shape index (κ2) is 6.84. The highest BCUT2D eigenvalue weighted by Gasteiger charge is 2.20. The Balaban J connectivity index is 2.70. The molecule has 0 radical (unpaired) electrons. The molecule has 0 bridgehead atoms. The molecule has 0 heterocycles. The smallest absolute Gasteiger partial charge is 0.275 e. The lowest BCUT2D eigenvalue weighted by molar-refractivity contribution is -0.385. The van der Waals surface area contributed by atoms with Gasteiger partial charge in [0.1, 0.15) is 0 Å². The van der Waals surface area contributed by atoms with Crippen molar-refractivity contribution in [1.29, 1.82) is 0 Å². The van der Waals surface area contributed by atoms with E-state index >= 15 is 0 Å². The van der Waals surface area contributed by atoms with Gasteiger partial charge in [0.2, 0.25) is 0 Å². The molecule has 0 aromatic heterocycles. The van der Waals surface area contributed by atoms with E-state index in [0.717, 1.165) is 6.42 Å². The van der Waals surface area contributed by atoms with E-state index in [0.29, 0.717) is 23.6 Å². The second-order valence-electron chi connectivity index (χ2n) is 4.85. The molecule has 0 aliphatic carbocycles. The monoisotopic (exact) mass is 286 g/mol. The Bertz CT molecular complexity index is 450. The highest BCUT2D eigenvalue weighted by atomic mass is 35.5. The maximum atomic E-state index is 10.9. The molecule has 0 aliphatic heterocycles. The van der Waals surface area contributed by atoms with Crippen molar-refractivity contribution in [2.24, 2.45) is 0 Å². The van der Waals surface area contributed by atoms with Crippen molar-refractivity contribution in [3.8, 4) is 0 Å². The van der Waals surface area contributed by atoms with Crippen LogP contribution < -0.4 is 5.32 Å². The number of aliphatic hydroxyl groups is 1. The van der Waals surface area contributed by atoms with Crippen molar-refractivity contribution in [1.82, 2.24) is 5.32 Å². The van der Waals surface area contributed by atoms with Gasteiger partial charge in [0.05, 0.1) is 21.1 Å². The van der Waals surface area contributed by atoms with E-state index in [1.807, 2.05) is 6.92 Å². The largest absolute Gasteiger partial charge is 0.389 e. The quantitative estimate of drug-likeness (QED) is 0.597. The van der Waals surface area contributed by atoms with Gasteiger partial charge in [0.25, 0.3) is 5.69 Å². The predicted octanol–water partition coefficient (Wildman–Crippen LogP) is 2.89. The Labute approximate surface area is 117 Å². The van der Waals surface area contributed by atoms with Crippen molar-refractivity contribution < 1.29 is 10.0 Å². The zero-order chi connectivity index (χ0) is 14.5. The lowest BCUT2D eigenvalue weighted by Gasteiger charge is -2.23. The number of nitro benzene ring substituents is 1. The van der Waals surface area contributed by atoms with E-state index in [-0.39, 0.29) is 12.2 Å². The lowest BCUT2D eigenvalue weighted by atomic mass is 10.0. The van der Waals surface area contributed by atoms with Crippen LogP contribution in [-0.2, 0) is 6.54 Å². The minimum atomic E-state index is -0.815. The van der Waals surface area contributed by atoms with Gasteiger partial charge in [-0.2, -0.15) is 0 Å². The van der Waals surface area contributed by atoms with E-state index < -0.39 is 10.5 Å². The van der Waals surface area contributed by atoms with Gasteiger partial charge in [-0.15, -0.1) is 0 Å². The van der Waals surface area contributed by atoms with Crippen LogP contribution in [0.5, 0.6) is 0 Å². The molecule has 0 saturated carbocycles. The van der Waals surface area contributed by atoms with E-state index in [4.69, 9.17) is 11.6 Å². The molecular weight excluding hydrogens is 268 g/mol. The molecule has 1 rings (SSSR count). The number of nitro groups is 1. The molecule has 1 aromatic rings. The molecule has 1 atom stereocenters. The molecule has 0 fully saturated rings. The fraction of sp³-hybridized carbons (Fsp3) is 0.538. The third-order valence-electron chi connectivity index (χ3n) is 2.89. The van der Waals surface area contributed by atoms with Crippen molar-refractivity contribution in [2.45, 2.75) is 38.8 Å². The summed E-state index contributed by atoms with van der Waals surface area (Å²) in [6, 6.07) is 4.60. The van der Waals surface area contributed by atoms with Gasteiger partial charge in [0.15, 0.2) is 0 Å². The molecule has 19 heavy (non-hydrogen) atoms. The summed E-state index contributed by atoms with van der Waals surface area (Å²) in [5.74, 6) is 0. The number of rotatable bonds is 7. The standard InChI is InChI=1S/C13H19ClN2O3/c1-3-7-13(2,17)9-15-8-10-11(14)5-4-6-12(10)16(18)19/h4-6,15,17H,3,7-9H2,1-2H3. The first-order valence-electron chi connectivity index (χ1n) is 6.22. The first-order chi connectivity index (χ1) is 8.87. The number of nitrogens with one attached hydrogen (secondary N) is 1. The number of hydrogen-bond acceptors (Lipinski definition) is 4. The molecule has 0 aliphatic rings. The molecule has 0 saturated heterocycles. The van der Waals surface area contributed by atoms with Gasteiger partial charge >= 0.3 is 0 Å². The molecule has 6 heteroatoms. The predicted molar refractivity (Wildman–Crippen MR) is 75.3 cm³/mol. The zero-order valence-electron chi connectivity index (χ0n) is 11.1. The molecule has 1 aromatic carbocycles. The summed E-state index contributed by atoms with van der Waals surface area (Å²) in [7, 11) is 0. The highest BCUT2D eigenvalue weighted by Crippen LogP contribution is 2.26. The van der Waals surface area contributed by atoms with Gasteiger partial charge in [-0.05, 0) is 19.4 Å². The van der Waals surface area contributed by atoms with Crippen LogP contribution in [0.2, 0.25) is 5.02 Å². The van der Waals surface area contributed by atoms with Crippen molar-refractivity contribution in [3.05, 3.63) is 38.9 Å². The summed E-state index contributed by atoms with van der Waals surface area (Å²) in [5.41, 5.74) is -0.373. The van der Waals surface area contributed by atoms with Crippen molar-refractivity contribution >= 4 is 17.3 Å². The van der Waals surface area contributed by atoms with Crippen LogP contribution in [-0.4, -0.2) is 22.2 Å². The summed E-state index contributed by atoms with van der Waals surface area (Å²) in [6.45, 7) is 4.36. The highest BCUT2D eigenvalue weighted by molar-refractivity contribution is 6.31. The first-order valence-corrected chi connectivity index (χ1v) is 6.60. The average molecular weight is 287 g/mol. The lowest BCUT2D eigenvalue weighted by Crippen LogP contribution is -2.37. The Morgan fingerprint density at radius 3 is 2.79 bits per heavy atom. The van der Waals surface area contributed by atoms with Crippen LogP contribution in [0.4, 0.5) is 5.69 Å². The average Bonchev–Trinajstić information content (AvgIpc) is 2.30. The van der Waals surface area contributed by atoms with E-state index in [1.54, 1.807) is 19.1 Å². The number of benzene rings is 1. The third-order valence-corrected chi connectivity index (χ3v) is 3.24. The SMILES string of the molecule is CCCC(C)(O)CNCc1c(Cl)cccc1[N+](=O)[O-]. The molecule has 0 amide bonds. The van der Waals surface area contributed by atoms with Gasteiger partial charge in [-0.3, -0.25) is 10.1 Å². The van der Waals surface area contributed by atoms with Crippen molar-refractivity contribution in [3.63, 3.8) is 0 Å². The molecule has 2 N–H and O–H groups in total. The fourth-order valence-corrected chi connectivity index (χ4v) is 2.21.